The van der Waals surface area contributed by atoms with Crippen molar-refractivity contribution in [2.45, 2.75) is 34.2 Å². The molecule has 0 aliphatic rings. The molecule has 0 saturated carbocycles. The number of hydrogen-bond donors (Lipinski definition) is 1. The van der Waals surface area contributed by atoms with E-state index < -0.39 is 0 Å². The molecule has 19 heavy (non-hydrogen) atoms. The summed E-state index contributed by atoms with van der Waals surface area (Å²) >= 11 is 0. The first-order chi connectivity index (χ1) is 8.75. The van der Waals surface area contributed by atoms with Crippen LogP contribution in [-0.2, 0) is 0 Å². The lowest BCUT2D eigenvalue weighted by Crippen LogP contribution is -2.04. The third-order valence-electron chi connectivity index (χ3n) is 2.93. The summed E-state index contributed by atoms with van der Waals surface area (Å²) in [5, 5.41) is 2.31. The molecule has 0 amide bonds. The normalized spacial score (nSPS) is 11.6. The zero-order chi connectivity index (χ0) is 13.1. The van der Waals surface area contributed by atoms with Gasteiger partial charge in [0.2, 0.25) is 0 Å². The lowest BCUT2D eigenvalue weighted by Gasteiger charge is -2.03. The van der Waals surface area contributed by atoms with E-state index in [9.17, 15) is 0 Å². The Morgan fingerprint density at radius 3 is 2.26 bits per heavy atom. The predicted octanol–water partition coefficient (Wildman–Crippen LogP) is 5.27. The Bertz CT molecular complexity index is 652. The molecule has 1 unspecified atom stereocenters. The second-order valence-corrected chi connectivity index (χ2v) is 4.14. The molecule has 0 spiro atoms. The Morgan fingerprint density at radius 1 is 0.947 bits per heavy atom. The molecule has 3 rings (SSSR count). The molecule has 3 aromatic rings. The van der Waals surface area contributed by atoms with Crippen LogP contribution in [0.25, 0.3) is 21.9 Å². The minimum Gasteiger partial charge on any atom is -0.456 e. The SMILES string of the molecule is C.CC.CC(N)c1ccc2c(c1)oc1ccccc12. The zero-order valence-electron chi connectivity index (χ0n) is 11.1. The third-order valence-corrected chi connectivity index (χ3v) is 2.93. The Hall–Kier alpha value is -1.80. The Labute approximate surface area is 115 Å². The van der Waals surface area contributed by atoms with Gasteiger partial charge in [-0.1, -0.05) is 51.6 Å². The largest absolute Gasteiger partial charge is 0.456 e. The van der Waals surface area contributed by atoms with Crippen LogP contribution >= 0.6 is 0 Å². The number of benzene rings is 2. The van der Waals surface area contributed by atoms with Gasteiger partial charge in [-0.25, -0.2) is 0 Å². The molecule has 0 aliphatic carbocycles. The summed E-state index contributed by atoms with van der Waals surface area (Å²) in [4.78, 5) is 0. The standard InChI is InChI=1S/C14H13NO.C2H6.CH4/c1-9(15)10-6-7-12-11-4-2-3-5-13(11)16-14(12)8-10;1-2;/h2-9H,15H2,1H3;1-2H3;1H4. The molecule has 0 saturated heterocycles. The Balaban J connectivity index is 0.000000576. The maximum atomic E-state index is 5.86. The number of para-hydroxylation sites is 1. The minimum absolute atomic E-state index is 0. The molecular weight excluding hydrogens is 234 g/mol. The van der Waals surface area contributed by atoms with Crippen LogP contribution in [0, 0.1) is 0 Å². The van der Waals surface area contributed by atoms with Crippen LogP contribution < -0.4 is 5.73 Å². The van der Waals surface area contributed by atoms with Crippen molar-refractivity contribution in [3.8, 4) is 0 Å². The molecule has 2 N–H and O–H groups in total. The fraction of sp³-hybridized carbons (Fsp3) is 0.294. The van der Waals surface area contributed by atoms with Gasteiger partial charge >= 0.3 is 0 Å². The molecule has 0 aliphatic heterocycles. The van der Waals surface area contributed by atoms with Crippen LogP contribution in [0.4, 0.5) is 0 Å². The fourth-order valence-corrected chi connectivity index (χ4v) is 2.03. The Kier molecular flexibility index (Phi) is 5.13. The van der Waals surface area contributed by atoms with Crippen molar-refractivity contribution < 1.29 is 4.42 Å². The van der Waals surface area contributed by atoms with Crippen LogP contribution in [-0.4, -0.2) is 0 Å². The van der Waals surface area contributed by atoms with Gasteiger partial charge in [0.05, 0.1) is 0 Å². The average molecular weight is 257 g/mol. The summed E-state index contributed by atoms with van der Waals surface area (Å²) in [5.74, 6) is 0. The first-order valence-corrected chi connectivity index (χ1v) is 6.42. The summed E-state index contributed by atoms with van der Waals surface area (Å²) in [5.41, 5.74) is 8.80. The average Bonchev–Trinajstić information content (AvgIpc) is 2.78. The van der Waals surface area contributed by atoms with Crippen molar-refractivity contribution >= 4 is 21.9 Å². The van der Waals surface area contributed by atoms with E-state index in [1.165, 1.54) is 0 Å². The van der Waals surface area contributed by atoms with Crippen molar-refractivity contribution in [3.05, 3.63) is 48.0 Å². The second kappa shape index (κ2) is 6.39. The van der Waals surface area contributed by atoms with Crippen molar-refractivity contribution in [2.75, 3.05) is 0 Å². The molecule has 1 aromatic heterocycles. The summed E-state index contributed by atoms with van der Waals surface area (Å²) in [6, 6.07) is 14.3. The third kappa shape index (κ3) is 2.79. The van der Waals surface area contributed by atoms with Crippen LogP contribution in [0.5, 0.6) is 0 Å². The van der Waals surface area contributed by atoms with E-state index in [1.54, 1.807) is 0 Å². The van der Waals surface area contributed by atoms with Crippen molar-refractivity contribution in [3.63, 3.8) is 0 Å². The van der Waals surface area contributed by atoms with Crippen molar-refractivity contribution in [2.24, 2.45) is 5.73 Å². The van der Waals surface area contributed by atoms with Gasteiger partial charge in [-0.05, 0) is 24.6 Å². The molecule has 2 aromatic carbocycles. The summed E-state index contributed by atoms with van der Waals surface area (Å²) in [7, 11) is 0. The molecule has 0 radical (unpaired) electrons. The van der Waals surface area contributed by atoms with Crippen molar-refractivity contribution in [1.82, 2.24) is 0 Å². The van der Waals surface area contributed by atoms with Gasteiger partial charge in [0.1, 0.15) is 11.2 Å². The number of furan rings is 1. The highest BCUT2D eigenvalue weighted by Gasteiger charge is 2.07. The first-order valence-electron chi connectivity index (χ1n) is 6.42. The molecule has 0 bridgehead atoms. The predicted molar refractivity (Wildman–Crippen MR) is 84.4 cm³/mol. The monoisotopic (exact) mass is 257 g/mol. The van der Waals surface area contributed by atoms with Gasteiger partial charge in [0.15, 0.2) is 0 Å². The van der Waals surface area contributed by atoms with Crippen LogP contribution in [0.3, 0.4) is 0 Å². The molecule has 102 valence electrons. The highest BCUT2D eigenvalue weighted by molar-refractivity contribution is 6.04. The zero-order valence-corrected chi connectivity index (χ0v) is 11.1. The van der Waals surface area contributed by atoms with Gasteiger partial charge in [0.25, 0.3) is 0 Å². The Morgan fingerprint density at radius 2 is 1.58 bits per heavy atom. The molecule has 0 fully saturated rings. The van der Waals surface area contributed by atoms with Gasteiger partial charge in [-0.3, -0.25) is 0 Å². The topological polar surface area (TPSA) is 39.2 Å². The van der Waals surface area contributed by atoms with Crippen molar-refractivity contribution in [1.29, 1.82) is 0 Å². The van der Waals surface area contributed by atoms with Crippen LogP contribution in [0.2, 0.25) is 0 Å². The maximum Gasteiger partial charge on any atom is 0.135 e. The molecule has 2 heteroatoms. The quantitative estimate of drug-likeness (QED) is 0.645. The number of hydrogen-bond acceptors (Lipinski definition) is 2. The van der Waals surface area contributed by atoms with E-state index >= 15 is 0 Å². The lowest BCUT2D eigenvalue weighted by molar-refractivity contribution is 0.667. The first kappa shape index (κ1) is 15.3. The summed E-state index contributed by atoms with van der Waals surface area (Å²) < 4.78 is 5.79. The van der Waals surface area contributed by atoms with Gasteiger partial charge in [-0.2, -0.15) is 0 Å². The van der Waals surface area contributed by atoms with E-state index in [-0.39, 0.29) is 13.5 Å². The molecule has 2 nitrogen and oxygen atoms in total. The van der Waals surface area contributed by atoms with E-state index in [0.29, 0.717) is 0 Å². The molecular formula is C17H23NO. The van der Waals surface area contributed by atoms with Crippen LogP contribution in [0.1, 0.15) is 39.8 Å². The fourth-order valence-electron chi connectivity index (χ4n) is 2.03. The van der Waals surface area contributed by atoms with E-state index in [2.05, 4.69) is 18.2 Å². The number of fused-ring (bicyclic) bond motifs is 3. The second-order valence-electron chi connectivity index (χ2n) is 4.14. The minimum atomic E-state index is 0. The lowest BCUT2D eigenvalue weighted by atomic mass is 10.1. The smallest absolute Gasteiger partial charge is 0.135 e. The summed E-state index contributed by atoms with van der Waals surface area (Å²) in [6.07, 6.45) is 0. The number of rotatable bonds is 1. The van der Waals surface area contributed by atoms with E-state index in [1.807, 2.05) is 45.0 Å². The van der Waals surface area contributed by atoms with Gasteiger partial charge in [0, 0.05) is 16.8 Å². The highest BCUT2D eigenvalue weighted by Crippen LogP contribution is 2.29. The van der Waals surface area contributed by atoms with E-state index in [0.717, 1.165) is 27.5 Å². The van der Waals surface area contributed by atoms with Gasteiger partial charge < -0.3 is 10.2 Å². The maximum absolute atomic E-state index is 5.86. The van der Waals surface area contributed by atoms with Gasteiger partial charge in [-0.15, -0.1) is 0 Å². The highest BCUT2D eigenvalue weighted by atomic mass is 16.3. The van der Waals surface area contributed by atoms with Crippen LogP contribution in [0.15, 0.2) is 46.9 Å². The number of nitrogens with two attached hydrogens (primary N) is 1. The molecule has 1 heterocycles. The molecule has 1 atom stereocenters. The summed E-state index contributed by atoms with van der Waals surface area (Å²) in [6.45, 7) is 5.98. The van der Waals surface area contributed by atoms with E-state index in [4.69, 9.17) is 10.2 Å².